The van der Waals surface area contributed by atoms with Crippen LogP contribution in [0.3, 0.4) is 0 Å². The molecule has 0 bridgehead atoms. The summed E-state index contributed by atoms with van der Waals surface area (Å²) in [6, 6.07) is 23.7. The van der Waals surface area contributed by atoms with Crippen molar-refractivity contribution in [3.05, 3.63) is 94.5 Å². The quantitative estimate of drug-likeness (QED) is 0.483. The zero-order valence-electron chi connectivity index (χ0n) is 17.7. The van der Waals surface area contributed by atoms with Crippen LogP contribution < -0.4 is 28.6 Å². The van der Waals surface area contributed by atoms with E-state index in [1.165, 1.54) is 22.3 Å². The average Bonchev–Trinajstić information content (AvgIpc) is 2.99. The van der Waals surface area contributed by atoms with E-state index in [4.69, 9.17) is 0 Å². The van der Waals surface area contributed by atoms with Crippen molar-refractivity contribution in [3.8, 4) is 11.1 Å². The van der Waals surface area contributed by atoms with Crippen molar-refractivity contribution < 1.29 is 47.0 Å². The SMILES string of the molecule is Cc1cc(C)cc(C(=O)[NH][Ti+2]([CH]2c3ccccc3-c3ccccc32)[SiH](C)C)c1.[Cl-].[Cl-]. The molecular weight excluding hydrogens is 465 g/mol. The Morgan fingerprint density at radius 1 is 0.833 bits per heavy atom. The maximum atomic E-state index is 13.2. The summed E-state index contributed by atoms with van der Waals surface area (Å²) in [5.74, 6) is 0.116. The first-order valence-corrected chi connectivity index (χ1v) is 17.2. The van der Waals surface area contributed by atoms with E-state index in [2.05, 4.69) is 85.3 Å². The van der Waals surface area contributed by atoms with E-state index in [9.17, 15) is 4.79 Å². The fourth-order valence-corrected chi connectivity index (χ4v) is 14.5. The summed E-state index contributed by atoms with van der Waals surface area (Å²) in [5, 5.41) is 0. The number of nitrogens with one attached hydrogen (secondary N) is 1. The van der Waals surface area contributed by atoms with Crippen LogP contribution in [-0.2, 0) is 17.4 Å². The van der Waals surface area contributed by atoms with Gasteiger partial charge < -0.3 is 24.8 Å². The molecule has 1 aliphatic rings. The summed E-state index contributed by atoms with van der Waals surface area (Å²) >= 11 is -1.90. The van der Waals surface area contributed by atoms with Crippen molar-refractivity contribution in [1.29, 1.82) is 0 Å². The van der Waals surface area contributed by atoms with E-state index in [-0.39, 0.29) is 30.7 Å². The number of halogens is 2. The molecule has 0 spiro atoms. The minimum Gasteiger partial charge on any atom is -1.00 e. The standard InChI is InChI=1S/C13H9.C9H11NO.C2H7Si.2ClH.Ti/c1-3-7-12-10(5-1)9-11-6-2-4-8-13(11)12;1-6-3-7(2)5-8(4-6)9(10)11;1-3-2;;;/h1-9H;3-5H,1-2H3,(H2,10,11);3H,1-2H3;2*1H;/q;;;;;+3/p-3. The van der Waals surface area contributed by atoms with E-state index in [0.29, 0.717) is 4.22 Å². The van der Waals surface area contributed by atoms with Crippen LogP contribution >= 0.6 is 0 Å². The Morgan fingerprint density at radius 3 is 1.77 bits per heavy atom. The number of amides is 1. The van der Waals surface area contributed by atoms with E-state index in [0.717, 1.165) is 16.7 Å². The van der Waals surface area contributed by atoms with Gasteiger partial charge in [-0.25, -0.2) is 0 Å². The summed E-state index contributed by atoms with van der Waals surface area (Å²) in [6.45, 7) is 7.90. The first-order chi connectivity index (χ1) is 13.5. The monoisotopic (exact) mass is 490 g/mol. The predicted molar refractivity (Wildman–Crippen MR) is 116 cm³/mol. The van der Waals surface area contributed by atoms with Gasteiger partial charge in [-0.05, 0) is 0 Å². The van der Waals surface area contributed by atoms with Crippen LogP contribution in [0, 0.1) is 13.8 Å². The molecule has 4 rings (SSSR count). The van der Waals surface area contributed by atoms with Crippen molar-refractivity contribution >= 4 is 12.6 Å². The second-order valence-corrected chi connectivity index (χ2v) is 21.0. The van der Waals surface area contributed by atoms with Crippen molar-refractivity contribution in [2.45, 2.75) is 31.2 Å². The smallest absolute Gasteiger partial charge is 1.00 e. The Bertz CT molecular complexity index is 991. The molecule has 0 aromatic heterocycles. The molecule has 30 heavy (non-hydrogen) atoms. The third-order valence-corrected chi connectivity index (χ3v) is 17.3. The molecule has 0 radical (unpaired) electrons. The number of fused-ring (bicyclic) bond motifs is 3. The summed E-state index contributed by atoms with van der Waals surface area (Å²) in [7, 11) is 0. The largest absolute Gasteiger partial charge is 1.00 e. The van der Waals surface area contributed by atoms with Gasteiger partial charge in [0.15, 0.2) is 0 Å². The van der Waals surface area contributed by atoms with Crippen molar-refractivity contribution in [2.75, 3.05) is 0 Å². The van der Waals surface area contributed by atoms with E-state index >= 15 is 0 Å². The van der Waals surface area contributed by atoms with Crippen molar-refractivity contribution in [3.63, 3.8) is 0 Å². The third kappa shape index (κ3) is 4.76. The number of hydrogen-bond acceptors (Lipinski definition) is 1. The number of aryl methyl sites for hydroxylation is 2. The van der Waals surface area contributed by atoms with Gasteiger partial charge in [-0.1, -0.05) is 0 Å². The first kappa shape index (κ1) is 24.9. The van der Waals surface area contributed by atoms with E-state index in [1.807, 2.05) is 12.1 Å². The average molecular weight is 491 g/mol. The summed E-state index contributed by atoms with van der Waals surface area (Å²) < 4.78 is 4.00. The second-order valence-electron chi connectivity index (χ2n) is 8.05. The van der Waals surface area contributed by atoms with Crippen LogP contribution in [-0.4, -0.2) is 12.6 Å². The second kappa shape index (κ2) is 10.3. The fourth-order valence-electron chi connectivity index (χ4n) is 4.35. The summed E-state index contributed by atoms with van der Waals surface area (Å²) in [5.41, 5.74) is 8.62. The minimum atomic E-state index is -1.90. The Hall–Kier alpha value is -1.36. The number of carbonyl (C=O) groups excluding carboxylic acids is 1. The molecule has 6 heteroatoms. The van der Waals surface area contributed by atoms with Crippen LogP contribution in [0.1, 0.15) is 36.8 Å². The predicted octanol–water partition coefficient (Wildman–Crippen LogP) is -0.672. The van der Waals surface area contributed by atoms with Crippen LogP contribution in [0.5, 0.6) is 0 Å². The normalized spacial score (nSPS) is 11.8. The molecule has 0 fully saturated rings. The van der Waals surface area contributed by atoms with Gasteiger partial charge in [-0.15, -0.1) is 0 Å². The molecule has 3 aromatic rings. The summed E-state index contributed by atoms with van der Waals surface area (Å²) in [6.07, 6.45) is 0. The van der Waals surface area contributed by atoms with Gasteiger partial charge in [0.25, 0.3) is 0 Å². The molecule has 0 saturated carbocycles. The summed E-state index contributed by atoms with van der Waals surface area (Å²) in [4.78, 5) is 13.2. The molecule has 1 aliphatic carbocycles. The number of rotatable bonds is 4. The fraction of sp³-hybridized carbons (Fsp3) is 0.208. The zero-order valence-corrected chi connectivity index (χ0v) is 21.9. The Labute approximate surface area is 199 Å². The van der Waals surface area contributed by atoms with Gasteiger partial charge in [0.2, 0.25) is 0 Å². The van der Waals surface area contributed by atoms with E-state index in [1.54, 1.807) is 0 Å². The molecule has 0 atom stereocenters. The Morgan fingerprint density at radius 2 is 1.30 bits per heavy atom. The molecule has 0 saturated heterocycles. The molecule has 0 unspecified atom stereocenters. The van der Waals surface area contributed by atoms with E-state index < -0.39 is 24.0 Å². The molecule has 0 aliphatic heterocycles. The molecule has 0 heterocycles. The Balaban J connectivity index is 0.00000160. The first-order valence-electron chi connectivity index (χ1n) is 9.90. The topological polar surface area (TPSA) is 29.1 Å². The Kier molecular flexibility index (Phi) is 8.55. The maximum absolute atomic E-state index is 13.2. The van der Waals surface area contributed by atoms with Crippen LogP contribution in [0.4, 0.5) is 0 Å². The molecule has 1 amide bonds. The van der Waals surface area contributed by atoms with Gasteiger partial charge in [-0.2, -0.15) is 0 Å². The van der Waals surface area contributed by atoms with Gasteiger partial charge >= 0.3 is 175 Å². The van der Waals surface area contributed by atoms with Gasteiger partial charge in [-0.3, -0.25) is 0 Å². The maximum Gasteiger partial charge on any atom is -1.00 e. The minimum absolute atomic E-state index is 0. The van der Waals surface area contributed by atoms with Crippen LogP contribution in [0.15, 0.2) is 66.7 Å². The van der Waals surface area contributed by atoms with Crippen LogP contribution in [0.25, 0.3) is 11.1 Å². The number of benzene rings is 3. The third-order valence-electron chi connectivity index (χ3n) is 5.51. The molecule has 1 N–H and O–H groups in total. The van der Waals surface area contributed by atoms with Crippen molar-refractivity contribution in [2.24, 2.45) is 0 Å². The molecule has 2 nitrogen and oxygen atoms in total. The van der Waals surface area contributed by atoms with Crippen molar-refractivity contribution in [1.82, 2.24) is 3.80 Å². The van der Waals surface area contributed by atoms with Gasteiger partial charge in [0.05, 0.1) is 0 Å². The zero-order chi connectivity index (χ0) is 19.8. The van der Waals surface area contributed by atoms with Crippen LogP contribution in [0.2, 0.25) is 13.1 Å². The van der Waals surface area contributed by atoms with Gasteiger partial charge in [0.1, 0.15) is 0 Å². The van der Waals surface area contributed by atoms with Gasteiger partial charge in [0, 0.05) is 0 Å². The molecule has 3 aromatic carbocycles. The molecule has 155 valence electrons. The number of carbonyl (C=O) groups is 1. The number of hydrogen-bond donors (Lipinski definition) is 1. The molecular formula is C24H26Cl2NOSiTi.